The van der Waals surface area contributed by atoms with Crippen LogP contribution in [-0.4, -0.2) is 22.2 Å². The summed E-state index contributed by atoms with van der Waals surface area (Å²) >= 11 is 0. The van der Waals surface area contributed by atoms with Crippen LogP contribution in [0.3, 0.4) is 0 Å². The minimum atomic E-state index is -4.15. The van der Waals surface area contributed by atoms with Crippen molar-refractivity contribution in [2.24, 2.45) is 0 Å². The van der Waals surface area contributed by atoms with E-state index in [1.54, 1.807) is 0 Å². The zero-order valence-electron chi connectivity index (χ0n) is 7.54. The standard InChI is InChI=1S/C8H10F3N3/c1-6(4-8(9,10)11)14-7-2-3-12-5-13-7/h2-3,5-6H,4H2,1H3,(H,12,13,14). The molecule has 0 aliphatic heterocycles. The van der Waals surface area contributed by atoms with Gasteiger partial charge in [-0.3, -0.25) is 0 Å². The first kappa shape index (κ1) is 10.7. The molecule has 1 aromatic heterocycles. The highest BCUT2D eigenvalue weighted by molar-refractivity contribution is 5.32. The van der Waals surface area contributed by atoms with Crippen molar-refractivity contribution in [3.63, 3.8) is 0 Å². The lowest BCUT2D eigenvalue weighted by molar-refractivity contribution is -0.136. The number of nitrogens with one attached hydrogen (secondary N) is 1. The minimum Gasteiger partial charge on any atom is -0.367 e. The molecule has 0 fully saturated rings. The molecular formula is C8H10F3N3. The van der Waals surface area contributed by atoms with Crippen LogP contribution in [0.25, 0.3) is 0 Å². The first-order chi connectivity index (χ1) is 6.47. The van der Waals surface area contributed by atoms with Crippen molar-refractivity contribution in [1.82, 2.24) is 9.97 Å². The van der Waals surface area contributed by atoms with Crippen molar-refractivity contribution in [3.05, 3.63) is 18.6 Å². The van der Waals surface area contributed by atoms with E-state index in [0.29, 0.717) is 5.82 Å². The lowest BCUT2D eigenvalue weighted by atomic mass is 10.2. The molecule has 0 bridgehead atoms. The van der Waals surface area contributed by atoms with Gasteiger partial charge >= 0.3 is 6.18 Å². The Kier molecular flexibility index (Phi) is 3.27. The van der Waals surface area contributed by atoms with Crippen LogP contribution >= 0.6 is 0 Å². The number of aromatic nitrogens is 2. The van der Waals surface area contributed by atoms with Crippen molar-refractivity contribution in [1.29, 1.82) is 0 Å². The third-order valence-electron chi connectivity index (χ3n) is 1.51. The molecular weight excluding hydrogens is 195 g/mol. The lowest BCUT2D eigenvalue weighted by Crippen LogP contribution is -2.24. The lowest BCUT2D eigenvalue weighted by Gasteiger charge is -2.15. The number of halogens is 3. The maximum atomic E-state index is 11.9. The van der Waals surface area contributed by atoms with Crippen LogP contribution in [0.5, 0.6) is 0 Å². The zero-order valence-corrected chi connectivity index (χ0v) is 7.54. The fraction of sp³-hybridized carbons (Fsp3) is 0.500. The number of hydrogen-bond acceptors (Lipinski definition) is 3. The number of nitrogens with zero attached hydrogens (tertiary/aromatic N) is 2. The fourth-order valence-electron chi connectivity index (χ4n) is 1.03. The van der Waals surface area contributed by atoms with Gasteiger partial charge in [0.1, 0.15) is 12.1 Å². The number of rotatable bonds is 3. The van der Waals surface area contributed by atoms with Gasteiger partial charge in [0.2, 0.25) is 0 Å². The first-order valence-electron chi connectivity index (χ1n) is 4.06. The van der Waals surface area contributed by atoms with E-state index in [4.69, 9.17) is 0 Å². The molecule has 1 atom stereocenters. The maximum absolute atomic E-state index is 11.9. The molecule has 0 aromatic carbocycles. The highest BCUT2D eigenvalue weighted by Gasteiger charge is 2.29. The van der Waals surface area contributed by atoms with Crippen LogP contribution in [0.4, 0.5) is 19.0 Å². The van der Waals surface area contributed by atoms with E-state index in [0.717, 1.165) is 0 Å². The normalized spacial score (nSPS) is 13.7. The largest absolute Gasteiger partial charge is 0.391 e. The van der Waals surface area contributed by atoms with Crippen molar-refractivity contribution >= 4 is 5.82 Å². The quantitative estimate of drug-likeness (QED) is 0.822. The Morgan fingerprint density at radius 1 is 1.50 bits per heavy atom. The van der Waals surface area contributed by atoms with E-state index in [1.165, 1.54) is 25.5 Å². The van der Waals surface area contributed by atoms with E-state index < -0.39 is 18.6 Å². The molecule has 0 aliphatic carbocycles. The summed E-state index contributed by atoms with van der Waals surface area (Å²) in [5, 5.41) is 2.63. The second kappa shape index (κ2) is 4.26. The zero-order chi connectivity index (χ0) is 10.6. The van der Waals surface area contributed by atoms with Gasteiger partial charge in [-0.25, -0.2) is 9.97 Å². The highest BCUT2D eigenvalue weighted by Crippen LogP contribution is 2.22. The molecule has 3 nitrogen and oxygen atoms in total. The van der Waals surface area contributed by atoms with E-state index in [9.17, 15) is 13.2 Å². The number of hydrogen-bond donors (Lipinski definition) is 1. The van der Waals surface area contributed by atoms with E-state index in [1.807, 2.05) is 0 Å². The molecule has 1 unspecified atom stereocenters. The van der Waals surface area contributed by atoms with Gasteiger partial charge in [-0.1, -0.05) is 0 Å². The topological polar surface area (TPSA) is 37.8 Å². The fourth-order valence-corrected chi connectivity index (χ4v) is 1.03. The van der Waals surface area contributed by atoms with Crippen molar-refractivity contribution in [2.45, 2.75) is 25.6 Å². The predicted molar refractivity (Wildman–Crippen MR) is 45.8 cm³/mol. The highest BCUT2D eigenvalue weighted by atomic mass is 19.4. The Morgan fingerprint density at radius 3 is 2.71 bits per heavy atom. The summed E-state index contributed by atoms with van der Waals surface area (Å²) in [6, 6.07) is 0.831. The van der Waals surface area contributed by atoms with E-state index >= 15 is 0 Å². The molecule has 1 heterocycles. The Morgan fingerprint density at radius 2 is 2.21 bits per heavy atom. The van der Waals surface area contributed by atoms with Gasteiger partial charge < -0.3 is 5.32 Å². The van der Waals surface area contributed by atoms with Crippen molar-refractivity contribution in [2.75, 3.05) is 5.32 Å². The van der Waals surface area contributed by atoms with Gasteiger partial charge in [-0.2, -0.15) is 13.2 Å². The van der Waals surface area contributed by atoms with Gasteiger partial charge in [-0.15, -0.1) is 0 Å². The minimum absolute atomic E-state index is 0.400. The summed E-state index contributed by atoms with van der Waals surface area (Å²) < 4.78 is 35.8. The first-order valence-corrected chi connectivity index (χ1v) is 4.06. The number of anilines is 1. The third-order valence-corrected chi connectivity index (χ3v) is 1.51. The third kappa shape index (κ3) is 4.06. The average Bonchev–Trinajstić information content (AvgIpc) is 2.02. The Hall–Kier alpha value is -1.33. The Labute approximate surface area is 79.4 Å². The Bertz CT molecular complexity index is 273. The summed E-state index contributed by atoms with van der Waals surface area (Å²) in [7, 11) is 0. The van der Waals surface area contributed by atoms with Crippen LogP contribution in [0, 0.1) is 0 Å². The molecule has 1 aromatic rings. The van der Waals surface area contributed by atoms with Gasteiger partial charge in [0.15, 0.2) is 0 Å². The van der Waals surface area contributed by atoms with Gasteiger partial charge in [0, 0.05) is 12.2 Å². The van der Waals surface area contributed by atoms with Gasteiger partial charge in [-0.05, 0) is 13.0 Å². The summed E-state index contributed by atoms with van der Waals surface area (Å²) in [5.74, 6) is 0.400. The SMILES string of the molecule is CC(CC(F)(F)F)Nc1ccncn1. The van der Waals surface area contributed by atoms with E-state index in [-0.39, 0.29) is 0 Å². The van der Waals surface area contributed by atoms with Crippen LogP contribution in [0.15, 0.2) is 18.6 Å². The second-order valence-corrected chi connectivity index (χ2v) is 2.96. The van der Waals surface area contributed by atoms with Crippen LogP contribution in [0.2, 0.25) is 0 Å². The van der Waals surface area contributed by atoms with Gasteiger partial charge in [0.25, 0.3) is 0 Å². The molecule has 0 amide bonds. The maximum Gasteiger partial charge on any atom is 0.391 e. The molecule has 0 aliphatic rings. The predicted octanol–water partition coefficient (Wildman–Crippen LogP) is 2.23. The molecule has 14 heavy (non-hydrogen) atoms. The smallest absolute Gasteiger partial charge is 0.367 e. The monoisotopic (exact) mass is 205 g/mol. The molecule has 1 rings (SSSR count). The van der Waals surface area contributed by atoms with Crippen molar-refractivity contribution < 1.29 is 13.2 Å². The second-order valence-electron chi connectivity index (χ2n) is 2.96. The van der Waals surface area contributed by atoms with Crippen LogP contribution in [-0.2, 0) is 0 Å². The van der Waals surface area contributed by atoms with Crippen molar-refractivity contribution in [3.8, 4) is 0 Å². The van der Waals surface area contributed by atoms with E-state index in [2.05, 4.69) is 15.3 Å². The summed E-state index contributed by atoms with van der Waals surface area (Å²) in [4.78, 5) is 7.41. The van der Waals surface area contributed by atoms with Crippen LogP contribution < -0.4 is 5.32 Å². The molecule has 6 heteroatoms. The number of alkyl halides is 3. The van der Waals surface area contributed by atoms with Crippen LogP contribution in [0.1, 0.15) is 13.3 Å². The molecule has 0 spiro atoms. The summed E-state index contributed by atoms with van der Waals surface area (Å²) in [5.41, 5.74) is 0. The molecule has 0 saturated heterocycles. The Balaban J connectivity index is 2.46. The summed E-state index contributed by atoms with van der Waals surface area (Å²) in [6.45, 7) is 1.45. The molecule has 78 valence electrons. The average molecular weight is 205 g/mol. The molecule has 1 N–H and O–H groups in total. The molecule has 0 saturated carbocycles. The summed E-state index contributed by atoms with van der Waals surface area (Å²) in [6.07, 6.45) is -2.28. The molecule has 0 radical (unpaired) electrons. The van der Waals surface area contributed by atoms with Gasteiger partial charge in [0.05, 0.1) is 6.42 Å².